The summed E-state index contributed by atoms with van der Waals surface area (Å²) in [5.74, 6) is 0. The molecule has 6 heteroatoms. The first-order valence-electron chi connectivity index (χ1n) is 11.6. The van der Waals surface area contributed by atoms with Crippen molar-refractivity contribution in [2.45, 2.75) is 69.1 Å². The van der Waals surface area contributed by atoms with Gasteiger partial charge in [-0.25, -0.2) is 4.79 Å². The van der Waals surface area contributed by atoms with Crippen LogP contribution in [-0.2, 0) is 11.6 Å². The first-order valence-corrected chi connectivity index (χ1v) is 12.2. The number of benzene rings is 1. The minimum atomic E-state index is -0.154. The van der Waals surface area contributed by atoms with E-state index in [0.717, 1.165) is 49.0 Å². The van der Waals surface area contributed by atoms with E-state index in [1.165, 1.54) is 5.56 Å². The maximum absolute atomic E-state index is 13.0. The van der Waals surface area contributed by atoms with Crippen LogP contribution in [0.2, 0.25) is 0 Å². The van der Waals surface area contributed by atoms with Gasteiger partial charge in [-0.2, -0.15) is 0 Å². The van der Waals surface area contributed by atoms with Crippen molar-refractivity contribution in [1.29, 1.82) is 0 Å². The summed E-state index contributed by atoms with van der Waals surface area (Å²) in [6.45, 7) is 7.05. The van der Waals surface area contributed by atoms with Crippen LogP contribution in [0.3, 0.4) is 0 Å². The van der Waals surface area contributed by atoms with E-state index in [-0.39, 0.29) is 22.3 Å². The van der Waals surface area contributed by atoms with Gasteiger partial charge in [-0.3, -0.25) is 9.88 Å². The van der Waals surface area contributed by atoms with Crippen LogP contribution in [0.1, 0.15) is 56.4 Å². The molecule has 1 aliphatic carbocycles. The van der Waals surface area contributed by atoms with Crippen molar-refractivity contribution in [2.24, 2.45) is 0 Å². The van der Waals surface area contributed by atoms with Crippen LogP contribution in [0, 0.1) is 6.92 Å². The molecule has 1 aromatic carbocycles. The van der Waals surface area contributed by atoms with Gasteiger partial charge in [-0.05, 0) is 70.3 Å². The third-order valence-corrected chi connectivity index (χ3v) is 7.87. The molecule has 32 heavy (non-hydrogen) atoms. The molecular formula is C26H37N4OP. The largest absolute Gasteiger partial charge is 0.330 e. The lowest BCUT2D eigenvalue weighted by Gasteiger charge is -2.48. The quantitative estimate of drug-likeness (QED) is 0.658. The summed E-state index contributed by atoms with van der Waals surface area (Å²) in [6.07, 6.45) is 7.04. The Morgan fingerprint density at radius 2 is 1.81 bits per heavy atom. The molecule has 2 amide bonds. The highest BCUT2D eigenvalue weighted by atomic mass is 31.0. The number of pyridine rings is 1. The Kier molecular flexibility index (Phi) is 6.11. The summed E-state index contributed by atoms with van der Waals surface area (Å²) in [6, 6.07) is 12.9. The monoisotopic (exact) mass is 452 g/mol. The Morgan fingerprint density at radius 1 is 1.16 bits per heavy atom. The summed E-state index contributed by atoms with van der Waals surface area (Å²) in [7, 11) is 7.24. The molecule has 1 aliphatic heterocycles. The number of nitrogens with zero attached hydrogens (tertiary/aromatic N) is 3. The minimum absolute atomic E-state index is 0.00759. The van der Waals surface area contributed by atoms with Crippen molar-refractivity contribution in [3.05, 3.63) is 59.4 Å². The number of rotatable bonds is 5. The number of carbonyl (C=O) groups is 1. The number of urea groups is 1. The average Bonchev–Trinajstić information content (AvgIpc) is 3.05. The first kappa shape index (κ1) is 23.2. The van der Waals surface area contributed by atoms with Gasteiger partial charge < -0.3 is 10.2 Å². The molecule has 1 spiro atoms. The number of carbonyl (C=O) groups excluding carboxylic acids is 1. The van der Waals surface area contributed by atoms with E-state index >= 15 is 0 Å². The lowest BCUT2D eigenvalue weighted by atomic mass is 9.69. The number of likely N-dealkylation sites (N-methyl/N-ethyl adjacent to an activating group) is 1. The van der Waals surface area contributed by atoms with Crippen LogP contribution in [0.4, 0.5) is 10.5 Å². The van der Waals surface area contributed by atoms with Crippen molar-refractivity contribution in [3.8, 4) is 0 Å². The molecule has 1 aromatic heterocycles. The van der Waals surface area contributed by atoms with Gasteiger partial charge in [0.05, 0.1) is 29.7 Å². The summed E-state index contributed by atoms with van der Waals surface area (Å²) >= 11 is 0. The summed E-state index contributed by atoms with van der Waals surface area (Å²) in [5.41, 5.74) is 4.40. The van der Waals surface area contributed by atoms with Gasteiger partial charge in [0.2, 0.25) is 0 Å². The number of amides is 2. The highest BCUT2D eigenvalue weighted by Gasteiger charge is 2.50. The standard InChI is InChI=1S/C26H37N4OP/c1-19-15-22(24(2,3)32)27-17-21(19)30-18-25(28-23(30)31)11-13-26(14-12-25,29(4)5)16-20-9-7-6-8-10-20/h6-10,15,17H,11-14,16,18,32H2,1-5H3,(H,28,31)/t25-,26+. The van der Waals surface area contributed by atoms with Crippen LogP contribution >= 0.6 is 9.24 Å². The van der Waals surface area contributed by atoms with Gasteiger partial charge in [-0.15, -0.1) is 9.24 Å². The van der Waals surface area contributed by atoms with Crippen molar-refractivity contribution in [2.75, 3.05) is 25.5 Å². The van der Waals surface area contributed by atoms with E-state index in [2.05, 4.69) is 95.7 Å². The van der Waals surface area contributed by atoms with E-state index in [9.17, 15) is 4.79 Å². The second kappa shape index (κ2) is 8.43. The average molecular weight is 453 g/mol. The number of anilines is 1. The Hall–Kier alpha value is -1.97. The fourth-order valence-corrected chi connectivity index (χ4v) is 5.48. The molecular weight excluding hydrogens is 415 g/mol. The predicted molar refractivity (Wildman–Crippen MR) is 135 cm³/mol. The van der Waals surface area contributed by atoms with Crippen molar-refractivity contribution >= 4 is 21.0 Å². The lowest BCUT2D eigenvalue weighted by molar-refractivity contribution is 0.0680. The molecule has 2 aromatic rings. The Balaban J connectivity index is 1.51. The maximum atomic E-state index is 13.0. The lowest BCUT2D eigenvalue weighted by Crippen LogP contribution is -2.56. The molecule has 5 nitrogen and oxygen atoms in total. The zero-order valence-electron chi connectivity index (χ0n) is 20.1. The van der Waals surface area contributed by atoms with E-state index in [0.29, 0.717) is 6.54 Å². The van der Waals surface area contributed by atoms with Gasteiger partial charge in [0, 0.05) is 10.7 Å². The molecule has 2 heterocycles. The summed E-state index contributed by atoms with van der Waals surface area (Å²) in [5, 5.41) is 3.28. The Bertz CT molecular complexity index is 975. The van der Waals surface area contributed by atoms with Gasteiger partial charge in [0.1, 0.15) is 0 Å². The zero-order valence-corrected chi connectivity index (χ0v) is 21.3. The molecule has 1 unspecified atom stereocenters. The minimum Gasteiger partial charge on any atom is -0.330 e. The van der Waals surface area contributed by atoms with Crippen molar-refractivity contribution in [1.82, 2.24) is 15.2 Å². The van der Waals surface area contributed by atoms with E-state index in [4.69, 9.17) is 0 Å². The maximum Gasteiger partial charge on any atom is 0.322 e. The Labute approximate surface area is 195 Å². The van der Waals surface area contributed by atoms with Crippen LogP contribution in [0.25, 0.3) is 0 Å². The fraction of sp³-hybridized carbons (Fsp3) is 0.538. The molecule has 0 bridgehead atoms. The van der Waals surface area contributed by atoms with Crippen LogP contribution in [0.15, 0.2) is 42.6 Å². The van der Waals surface area contributed by atoms with Crippen LogP contribution in [-0.4, -0.2) is 47.6 Å². The molecule has 2 fully saturated rings. The normalized spacial score (nSPS) is 26.1. The summed E-state index contributed by atoms with van der Waals surface area (Å²) < 4.78 is 0. The number of hydrogen-bond donors (Lipinski definition) is 1. The number of aryl methyl sites for hydroxylation is 1. The molecule has 4 rings (SSSR count). The van der Waals surface area contributed by atoms with Gasteiger partial charge >= 0.3 is 6.03 Å². The number of hydrogen-bond acceptors (Lipinski definition) is 3. The second-order valence-corrected chi connectivity index (χ2v) is 12.1. The molecule has 1 saturated heterocycles. The fourth-order valence-electron chi connectivity index (χ4n) is 5.32. The van der Waals surface area contributed by atoms with Crippen LogP contribution in [0.5, 0.6) is 0 Å². The molecule has 1 atom stereocenters. The van der Waals surface area contributed by atoms with E-state index < -0.39 is 0 Å². The number of nitrogens with one attached hydrogen (secondary N) is 1. The van der Waals surface area contributed by atoms with Crippen LogP contribution < -0.4 is 10.2 Å². The Morgan fingerprint density at radius 3 is 2.38 bits per heavy atom. The van der Waals surface area contributed by atoms with Crippen molar-refractivity contribution < 1.29 is 4.79 Å². The second-order valence-electron chi connectivity index (χ2n) is 10.7. The molecule has 0 radical (unpaired) electrons. The van der Waals surface area contributed by atoms with E-state index in [1.54, 1.807) is 0 Å². The first-order chi connectivity index (χ1) is 15.0. The summed E-state index contributed by atoms with van der Waals surface area (Å²) in [4.78, 5) is 22.0. The number of aromatic nitrogens is 1. The molecule has 1 N–H and O–H groups in total. The molecule has 1 saturated carbocycles. The third-order valence-electron chi connectivity index (χ3n) is 7.57. The predicted octanol–water partition coefficient (Wildman–Crippen LogP) is 4.89. The van der Waals surface area contributed by atoms with E-state index in [1.807, 2.05) is 11.1 Å². The molecule has 172 valence electrons. The smallest absolute Gasteiger partial charge is 0.322 e. The highest BCUT2D eigenvalue weighted by molar-refractivity contribution is 7.18. The van der Waals surface area contributed by atoms with Gasteiger partial charge in [0.25, 0.3) is 0 Å². The highest BCUT2D eigenvalue weighted by Crippen LogP contribution is 2.43. The van der Waals surface area contributed by atoms with Gasteiger partial charge in [0.15, 0.2) is 0 Å². The molecule has 2 aliphatic rings. The topological polar surface area (TPSA) is 48.5 Å². The zero-order chi connectivity index (χ0) is 23.1. The SMILES string of the molecule is Cc1cc(C(C)(C)P)ncc1N1C[C@]2(CC[C@](Cc3ccccc3)(N(C)C)CC2)NC1=O. The third kappa shape index (κ3) is 4.43. The van der Waals surface area contributed by atoms with Crippen molar-refractivity contribution in [3.63, 3.8) is 0 Å². The van der Waals surface area contributed by atoms with Gasteiger partial charge in [-0.1, -0.05) is 44.2 Å².